The highest BCUT2D eigenvalue weighted by molar-refractivity contribution is 8.01. The van der Waals surface area contributed by atoms with E-state index in [4.69, 9.17) is 0 Å². The summed E-state index contributed by atoms with van der Waals surface area (Å²) < 4.78 is 0.822. The summed E-state index contributed by atoms with van der Waals surface area (Å²) in [7, 11) is 0. The molecule has 1 aliphatic heterocycles. The molecule has 2 heterocycles. The predicted octanol–water partition coefficient (Wildman–Crippen LogP) is 4.78. The molecule has 3 rings (SSSR count). The number of anilines is 2. The average Bonchev–Trinajstić information content (AvgIpc) is 3.03. The number of amides is 1. The molecule has 1 aromatic carbocycles. The zero-order chi connectivity index (χ0) is 18.7. The van der Waals surface area contributed by atoms with E-state index in [1.807, 2.05) is 4.90 Å². The van der Waals surface area contributed by atoms with Crippen LogP contribution in [-0.2, 0) is 4.79 Å². The number of thioether (sulfide) groups is 1. The van der Waals surface area contributed by atoms with Gasteiger partial charge in [-0.2, -0.15) is 0 Å². The quantitative estimate of drug-likeness (QED) is 0.745. The summed E-state index contributed by atoms with van der Waals surface area (Å²) in [4.78, 5) is 14.7. The summed E-state index contributed by atoms with van der Waals surface area (Å²) in [5, 5.41) is 12.5. The third-order valence-electron chi connectivity index (χ3n) is 4.83. The van der Waals surface area contributed by atoms with Gasteiger partial charge < -0.3 is 10.2 Å². The fraction of sp³-hybridized carbons (Fsp3) is 0.526. The van der Waals surface area contributed by atoms with Crippen LogP contribution in [0.4, 0.5) is 10.8 Å². The largest absolute Gasteiger partial charge is 0.337 e. The molecule has 2 atom stereocenters. The number of nitrogens with one attached hydrogen (secondary N) is 1. The second-order valence-corrected chi connectivity index (χ2v) is 9.24. The van der Waals surface area contributed by atoms with Gasteiger partial charge >= 0.3 is 0 Å². The topological polar surface area (TPSA) is 58.1 Å². The lowest BCUT2D eigenvalue weighted by atomic mass is 9.98. The first-order valence-electron chi connectivity index (χ1n) is 9.06. The van der Waals surface area contributed by atoms with Crippen molar-refractivity contribution >= 4 is 39.8 Å². The van der Waals surface area contributed by atoms with Crippen LogP contribution in [0.2, 0.25) is 0 Å². The minimum atomic E-state index is 0.203. The molecule has 0 radical (unpaired) electrons. The van der Waals surface area contributed by atoms with Gasteiger partial charge in [0, 0.05) is 17.8 Å². The van der Waals surface area contributed by atoms with Gasteiger partial charge in [0.15, 0.2) is 4.34 Å². The number of carbonyl (C=O) groups is 1. The number of rotatable bonds is 5. The Labute approximate surface area is 163 Å². The van der Waals surface area contributed by atoms with Gasteiger partial charge in [-0.25, -0.2) is 0 Å². The van der Waals surface area contributed by atoms with E-state index >= 15 is 0 Å². The number of hydrogen-bond acceptors (Lipinski definition) is 6. The Morgan fingerprint density at radius 3 is 2.69 bits per heavy atom. The third-order valence-corrected chi connectivity index (χ3v) is 6.79. The van der Waals surface area contributed by atoms with Crippen LogP contribution in [0.1, 0.15) is 44.2 Å². The predicted molar refractivity (Wildman–Crippen MR) is 109 cm³/mol. The minimum Gasteiger partial charge on any atom is -0.337 e. The average molecular weight is 391 g/mol. The van der Waals surface area contributed by atoms with Crippen LogP contribution in [-0.4, -0.2) is 38.8 Å². The maximum Gasteiger partial charge on any atom is 0.233 e. The monoisotopic (exact) mass is 390 g/mol. The van der Waals surface area contributed by atoms with Crippen LogP contribution < -0.4 is 5.32 Å². The summed E-state index contributed by atoms with van der Waals surface area (Å²) in [5.74, 6) is 0.626. The second kappa shape index (κ2) is 8.39. The maximum absolute atomic E-state index is 12.6. The van der Waals surface area contributed by atoms with Gasteiger partial charge in [-0.3, -0.25) is 4.79 Å². The van der Waals surface area contributed by atoms with Gasteiger partial charge in [-0.1, -0.05) is 40.8 Å². The smallest absolute Gasteiger partial charge is 0.233 e. The zero-order valence-electron chi connectivity index (χ0n) is 15.8. The lowest BCUT2D eigenvalue weighted by molar-refractivity contribution is -0.134. The number of carbonyl (C=O) groups excluding carboxylic acids is 1. The number of aryl methyl sites for hydroxylation is 2. The van der Waals surface area contributed by atoms with Crippen LogP contribution in [0.15, 0.2) is 22.5 Å². The lowest BCUT2D eigenvalue weighted by Gasteiger charge is -2.39. The summed E-state index contributed by atoms with van der Waals surface area (Å²) >= 11 is 2.97. The molecular formula is C19H26N4OS2. The zero-order valence-corrected chi connectivity index (χ0v) is 17.4. The summed E-state index contributed by atoms with van der Waals surface area (Å²) in [5.41, 5.74) is 3.45. The number of hydrogen-bond donors (Lipinski definition) is 1. The Balaban J connectivity index is 1.57. The van der Waals surface area contributed by atoms with Crippen molar-refractivity contribution < 1.29 is 4.79 Å². The number of likely N-dealkylation sites (tertiary alicyclic amines) is 1. The molecule has 1 saturated heterocycles. The molecule has 1 aliphatic rings. The number of aromatic nitrogens is 2. The van der Waals surface area contributed by atoms with Crippen molar-refractivity contribution in [3.63, 3.8) is 0 Å². The van der Waals surface area contributed by atoms with E-state index in [2.05, 4.69) is 61.4 Å². The number of nitrogens with zero attached hydrogens (tertiary/aromatic N) is 3. The summed E-state index contributed by atoms with van der Waals surface area (Å²) in [6, 6.07) is 6.94. The van der Waals surface area contributed by atoms with Gasteiger partial charge in [0.1, 0.15) is 0 Å². The van der Waals surface area contributed by atoms with Crippen molar-refractivity contribution in [2.24, 2.45) is 0 Å². The molecule has 26 heavy (non-hydrogen) atoms. The fourth-order valence-corrected chi connectivity index (χ4v) is 5.13. The highest BCUT2D eigenvalue weighted by atomic mass is 32.2. The molecule has 2 aromatic rings. The van der Waals surface area contributed by atoms with Crippen LogP contribution >= 0.6 is 23.1 Å². The molecule has 0 saturated carbocycles. The highest BCUT2D eigenvalue weighted by Gasteiger charge is 2.28. The third kappa shape index (κ3) is 4.57. The first-order chi connectivity index (χ1) is 12.4. The molecule has 0 aliphatic carbocycles. The van der Waals surface area contributed by atoms with E-state index in [1.54, 1.807) is 0 Å². The highest BCUT2D eigenvalue weighted by Crippen LogP contribution is 2.30. The van der Waals surface area contributed by atoms with Crippen molar-refractivity contribution in [2.75, 3.05) is 11.1 Å². The van der Waals surface area contributed by atoms with Crippen molar-refractivity contribution in [3.05, 3.63) is 29.3 Å². The summed E-state index contributed by atoms with van der Waals surface area (Å²) in [6.45, 7) is 8.45. The maximum atomic E-state index is 12.6. The molecule has 1 fully saturated rings. The van der Waals surface area contributed by atoms with E-state index in [1.165, 1.54) is 40.6 Å². The van der Waals surface area contributed by atoms with E-state index in [9.17, 15) is 4.79 Å². The summed E-state index contributed by atoms with van der Waals surface area (Å²) in [6.07, 6.45) is 3.41. The van der Waals surface area contributed by atoms with Crippen LogP contribution in [0.5, 0.6) is 0 Å². The van der Waals surface area contributed by atoms with Crippen LogP contribution in [0.25, 0.3) is 0 Å². The molecular weight excluding hydrogens is 364 g/mol. The van der Waals surface area contributed by atoms with Crippen LogP contribution in [0, 0.1) is 13.8 Å². The molecule has 7 heteroatoms. The van der Waals surface area contributed by atoms with E-state index < -0.39 is 0 Å². The standard InChI is InChI=1S/C19H26N4OS2/c1-12-8-9-16(13(2)10-12)20-18-21-22-19(26-18)25-11-17(24)23-14(3)6-5-7-15(23)4/h8-10,14-15H,5-7,11H2,1-4H3,(H,20,21)/t14-,15-/m1/s1. The Morgan fingerprint density at radius 1 is 1.27 bits per heavy atom. The Hall–Kier alpha value is -1.60. The van der Waals surface area contributed by atoms with E-state index in [0.717, 1.165) is 28.0 Å². The first-order valence-corrected chi connectivity index (χ1v) is 10.9. The van der Waals surface area contributed by atoms with Gasteiger partial charge in [-0.05, 0) is 58.6 Å². The Morgan fingerprint density at radius 2 is 2.00 bits per heavy atom. The van der Waals surface area contributed by atoms with Gasteiger partial charge in [-0.15, -0.1) is 10.2 Å². The van der Waals surface area contributed by atoms with E-state index in [-0.39, 0.29) is 5.91 Å². The van der Waals surface area contributed by atoms with E-state index in [0.29, 0.717) is 17.8 Å². The SMILES string of the molecule is Cc1ccc(Nc2nnc(SCC(=O)N3[C@H](C)CCC[C@H]3C)s2)c(C)c1. The molecule has 5 nitrogen and oxygen atoms in total. The second-order valence-electron chi connectivity index (χ2n) is 7.04. The number of piperidine rings is 1. The van der Waals surface area contributed by atoms with Crippen molar-refractivity contribution in [3.8, 4) is 0 Å². The molecule has 0 bridgehead atoms. The molecule has 1 N–H and O–H groups in total. The Bertz CT molecular complexity index is 767. The van der Waals surface area contributed by atoms with Crippen molar-refractivity contribution in [2.45, 2.75) is 63.4 Å². The number of benzene rings is 1. The van der Waals surface area contributed by atoms with Gasteiger partial charge in [0.2, 0.25) is 11.0 Å². The minimum absolute atomic E-state index is 0.203. The van der Waals surface area contributed by atoms with Crippen molar-refractivity contribution in [1.82, 2.24) is 15.1 Å². The molecule has 1 amide bonds. The van der Waals surface area contributed by atoms with Crippen molar-refractivity contribution in [1.29, 1.82) is 0 Å². The molecule has 1 aromatic heterocycles. The van der Waals surface area contributed by atoms with Gasteiger partial charge in [0.25, 0.3) is 0 Å². The molecule has 0 spiro atoms. The fourth-order valence-electron chi connectivity index (χ4n) is 3.50. The van der Waals surface area contributed by atoms with Crippen LogP contribution in [0.3, 0.4) is 0 Å². The first kappa shape index (κ1) is 19.2. The molecule has 0 unspecified atom stereocenters. The normalized spacial score (nSPS) is 20.2. The van der Waals surface area contributed by atoms with Gasteiger partial charge in [0.05, 0.1) is 5.75 Å². The Kier molecular flexibility index (Phi) is 6.19. The lowest BCUT2D eigenvalue weighted by Crippen LogP contribution is -2.48. The molecule has 140 valence electrons.